The maximum absolute atomic E-state index is 9.69. The van der Waals surface area contributed by atoms with Crippen LogP contribution in [0.5, 0.6) is 0 Å². The molecule has 44 heavy (non-hydrogen) atoms. The Morgan fingerprint density at radius 3 is 1.77 bits per heavy atom. The van der Waals surface area contributed by atoms with Gasteiger partial charge in [-0.25, -0.2) is 0 Å². The van der Waals surface area contributed by atoms with Crippen LogP contribution in [0, 0.1) is 0 Å². The lowest BCUT2D eigenvalue weighted by Crippen LogP contribution is -1.94. The molecule has 10 aromatic carbocycles. The molecule has 0 atom stereocenters. The SMILES string of the molecule is [2H]c1c([2H])c([2H])c2c(-c3c4ccccc4c(-c4c([2H])c([2H])c5c([2H])c([2H])c6c([2H])c([2H])c([2H])c7c([2H])c([2H])c4c5c67)c4ccc5ccccc5c34)c([2H])c([2H])c([2H])c2c1[2H]. The van der Waals surface area contributed by atoms with Crippen molar-refractivity contribution in [3.05, 3.63) is 157 Å². The Morgan fingerprint density at radius 2 is 0.909 bits per heavy atom. The molecule has 0 saturated carbocycles. The van der Waals surface area contributed by atoms with Crippen LogP contribution in [0.1, 0.15) is 21.9 Å². The van der Waals surface area contributed by atoms with E-state index in [0.29, 0.717) is 38.1 Å². The smallest absolute Gasteiger partial charge is 0.0616 e. The molecule has 0 heteroatoms. The zero-order valence-corrected chi connectivity index (χ0v) is 22.8. The minimum Gasteiger partial charge on any atom is -0.0616 e. The minimum absolute atomic E-state index is 0.0105. The van der Waals surface area contributed by atoms with E-state index in [1.165, 1.54) is 0 Å². The van der Waals surface area contributed by atoms with Gasteiger partial charge in [-0.3, -0.25) is 0 Å². The van der Waals surface area contributed by atoms with Gasteiger partial charge in [0.25, 0.3) is 0 Å². The first-order valence-electron chi connectivity index (χ1n) is 22.1. The molecule has 0 fully saturated rings. The molecule has 0 saturated heterocycles. The number of hydrogen-bond acceptors (Lipinski definition) is 0. The van der Waals surface area contributed by atoms with Crippen LogP contribution < -0.4 is 0 Å². The molecule has 202 valence electrons. The van der Waals surface area contributed by atoms with Gasteiger partial charge in [0.2, 0.25) is 0 Å². The van der Waals surface area contributed by atoms with Crippen molar-refractivity contribution in [1.82, 2.24) is 0 Å². The zero-order valence-electron chi connectivity index (χ0n) is 38.8. The third kappa shape index (κ3) is 3.17. The van der Waals surface area contributed by atoms with Gasteiger partial charge >= 0.3 is 0 Å². The van der Waals surface area contributed by atoms with Crippen LogP contribution in [0.3, 0.4) is 0 Å². The van der Waals surface area contributed by atoms with Crippen LogP contribution in [0.2, 0.25) is 0 Å². The van der Waals surface area contributed by atoms with E-state index in [4.69, 9.17) is 15.1 Å². The third-order valence-electron chi connectivity index (χ3n) is 8.54. The lowest BCUT2D eigenvalue weighted by atomic mass is 9.81. The average Bonchev–Trinajstić information content (AvgIpc) is 3.24. The van der Waals surface area contributed by atoms with Crippen molar-refractivity contribution in [1.29, 1.82) is 0 Å². The first-order chi connectivity index (χ1) is 28.5. The Labute approximate surface area is 277 Å². The first kappa shape index (κ1) is 13.3. The average molecular weight is 571 g/mol. The highest BCUT2D eigenvalue weighted by atomic mass is 14.2. The van der Waals surface area contributed by atoms with Crippen molar-refractivity contribution < 1.29 is 21.9 Å². The standard InChI is InChI=1S/C44H26/c1-3-14-32-27(9-1)11-8-18-34(32)44-36-17-6-5-16-35(36)42(39-26-21-28-10-2-4-15-33(28)43(39)44)38-25-23-31-20-19-29-12-7-13-30-22-24-37(38)41(31)40(29)30/h1-26H/i1D,3D,7D,8D,9D,11D,12D,13D,14D,18D,19D,20D,22D,23D,24D,25D. The highest BCUT2D eigenvalue weighted by molar-refractivity contribution is 6.32. The first-order valence-corrected chi connectivity index (χ1v) is 14.1. The molecule has 0 nitrogen and oxygen atoms in total. The van der Waals surface area contributed by atoms with E-state index in [2.05, 4.69) is 0 Å². The summed E-state index contributed by atoms with van der Waals surface area (Å²) < 4.78 is 144. The van der Waals surface area contributed by atoms with Crippen molar-refractivity contribution in [2.45, 2.75) is 0 Å². The Balaban J connectivity index is 1.54. The van der Waals surface area contributed by atoms with Crippen molar-refractivity contribution in [3.63, 3.8) is 0 Å². The second-order valence-electron chi connectivity index (χ2n) is 10.8. The van der Waals surface area contributed by atoms with Gasteiger partial charge in [0.05, 0.1) is 21.9 Å². The molecule has 0 amide bonds. The van der Waals surface area contributed by atoms with Crippen molar-refractivity contribution in [3.8, 4) is 22.3 Å². The fourth-order valence-electron chi connectivity index (χ4n) is 6.73. The molecule has 0 aliphatic heterocycles. The second-order valence-corrected chi connectivity index (χ2v) is 10.8. The molecule has 10 rings (SSSR count). The monoisotopic (exact) mass is 570 g/mol. The summed E-state index contributed by atoms with van der Waals surface area (Å²) in [7, 11) is 0. The largest absolute Gasteiger partial charge is 0.0630 e. The van der Waals surface area contributed by atoms with Crippen LogP contribution in [-0.4, -0.2) is 0 Å². The molecule has 0 aliphatic carbocycles. The summed E-state index contributed by atoms with van der Waals surface area (Å²) in [5, 5.41) is 2.16. The Hall–Kier alpha value is -5.72. The van der Waals surface area contributed by atoms with Crippen LogP contribution in [0.25, 0.3) is 97.7 Å². The molecule has 0 N–H and O–H groups in total. The summed E-state index contributed by atoms with van der Waals surface area (Å²) in [6.07, 6.45) is 0. The number of rotatable bonds is 2. The van der Waals surface area contributed by atoms with Gasteiger partial charge < -0.3 is 0 Å². The van der Waals surface area contributed by atoms with E-state index in [-0.39, 0.29) is 54.2 Å². The molecule has 0 heterocycles. The molecule has 0 aliphatic rings. The fraction of sp³-hybridized carbons (Fsp3) is 0. The van der Waals surface area contributed by atoms with E-state index >= 15 is 0 Å². The number of hydrogen-bond donors (Lipinski definition) is 0. The van der Waals surface area contributed by atoms with E-state index in [9.17, 15) is 6.85 Å². The fourth-order valence-corrected chi connectivity index (χ4v) is 6.73. The molecule has 0 aromatic heterocycles. The van der Waals surface area contributed by atoms with Gasteiger partial charge in [0.15, 0.2) is 0 Å². The topological polar surface area (TPSA) is 0 Å². The summed E-state index contributed by atoms with van der Waals surface area (Å²) in [5.74, 6) is 0. The van der Waals surface area contributed by atoms with Gasteiger partial charge in [0, 0.05) is 0 Å². The molecule has 0 unspecified atom stereocenters. The quantitative estimate of drug-likeness (QED) is 0.143. The summed E-state index contributed by atoms with van der Waals surface area (Å²) in [4.78, 5) is 0. The summed E-state index contributed by atoms with van der Waals surface area (Å²) >= 11 is 0. The number of benzene rings is 10. The normalized spacial score (nSPS) is 17.2. The summed E-state index contributed by atoms with van der Waals surface area (Å²) in [6.45, 7) is 0. The van der Waals surface area contributed by atoms with Crippen molar-refractivity contribution in [2.75, 3.05) is 0 Å². The predicted octanol–water partition coefficient (Wildman–Crippen LogP) is 12.5. The predicted molar refractivity (Wildman–Crippen MR) is 191 cm³/mol. The second kappa shape index (κ2) is 8.89. The van der Waals surface area contributed by atoms with E-state index in [1.54, 1.807) is 36.4 Å². The highest BCUT2D eigenvalue weighted by Gasteiger charge is 2.21. The molecule has 0 bridgehead atoms. The van der Waals surface area contributed by atoms with Gasteiger partial charge in [0.1, 0.15) is 0 Å². The molecule has 10 aromatic rings. The van der Waals surface area contributed by atoms with E-state index in [0.717, 1.165) is 5.39 Å². The molecular weight excluding hydrogens is 528 g/mol. The van der Waals surface area contributed by atoms with Gasteiger partial charge in [-0.1, -0.05) is 157 Å². The van der Waals surface area contributed by atoms with Gasteiger partial charge in [-0.15, -0.1) is 0 Å². The Bertz CT molecular complexity index is 3640. The highest BCUT2D eigenvalue weighted by Crippen LogP contribution is 2.49. The number of fused-ring (bicyclic) bond motifs is 5. The summed E-state index contributed by atoms with van der Waals surface area (Å²) in [5.41, 5.74) is 0.628. The van der Waals surface area contributed by atoms with Gasteiger partial charge in [-0.2, -0.15) is 0 Å². The van der Waals surface area contributed by atoms with Crippen LogP contribution in [-0.2, 0) is 0 Å². The van der Waals surface area contributed by atoms with Crippen LogP contribution in [0.15, 0.2) is 157 Å². The van der Waals surface area contributed by atoms with Gasteiger partial charge in [-0.05, 0) is 97.7 Å². The minimum atomic E-state index is -0.592. The molecular formula is C44H26. The van der Waals surface area contributed by atoms with Crippen molar-refractivity contribution in [2.24, 2.45) is 0 Å². The maximum atomic E-state index is 9.69. The van der Waals surface area contributed by atoms with Crippen LogP contribution >= 0.6 is 0 Å². The maximum Gasteiger partial charge on any atom is 0.0630 e. The molecule has 0 spiro atoms. The Morgan fingerprint density at radius 1 is 0.295 bits per heavy atom. The third-order valence-corrected chi connectivity index (χ3v) is 8.54. The zero-order chi connectivity index (χ0) is 42.7. The molecule has 0 radical (unpaired) electrons. The van der Waals surface area contributed by atoms with E-state index in [1.807, 2.05) is 24.3 Å². The van der Waals surface area contributed by atoms with E-state index < -0.39 is 96.7 Å². The Kier molecular flexibility index (Phi) is 2.69. The summed E-state index contributed by atoms with van der Waals surface area (Å²) in [6, 6.07) is 9.64. The van der Waals surface area contributed by atoms with Crippen molar-refractivity contribution >= 4 is 75.4 Å². The van der Waals surface area contributed by atoms with Crippen LogP contribution in [0.4, 0.5) is 0 Å². The lowest BCUT2D eigenvalue weighted by Gasteiger charge is -2.21. The lowest BCUT2D eigenvalue weighted by molar-refractivity contribution is 1.70.